The van der Waals surface area contributed by atoms with Crippen LogP contribution in [0.3, 0.4) is 0 Å². The predicted molar refractivity (Wildman–Crippen MR) is 75.6 cm³/mol. The lowest BCUT2D eigenvalue weighted by molar-refractivity contribution is 0.765. The van der Waals surface area contributed by atoms with Gasteiger partial charge in [-0.2, -0.15) is 25.3 Å². The van der Waals surface area contributed by atoms with Crippen molar-refractivity contribution in [3.8, 4) is 0 Å². The van der Waals surface area contributed by atoms with Crippen LogP contribution in [0.2, 0.25) is 0 Å². The smallest absolute Gasteiger partial charge is 0.0366 e. The normalized spacial score (nSPS) is 14.7. The molecule has 0 aromatic heterocycles. The number of rotatable bonds is 5. The molecule has 1 rings (SSSR count). The summed E-state index contributed by atoms with van der Waals surface area (Å²) < 4.78 is 0. The zero-order valence-electron chi connectivity index (χ0n) is 9.30. The number of benzene rings is 1. The summed E-state index contributed by atoms with van der Waals surface area (Å²) in [5.74, 6) is 0. The molecule has 1 aromatic rings. The van der Waals surface area contributed by atoms with Crippen molar-refractivity contribution in [3.63, 3.8) is 0 Å². The molecule has 0 fully saturated rings. The molecule has 15 heavy (non-hydrogen) atoms. The highest BCUT2D eigenvalue weighted by Crippen LogP contribution is 2.16. The molecule has 0 aliphatic heterocycles. The Hall–Kier alpha value is -0.280. The van der Waals surface area contributed by atoms with Crippen molar-refractivity contribution in [1.82, 2.24) is 0 Å². The lowest BCUT2D eigenvalue weighted by atomic mass is 10.2. The Balaban J connectivity index is 2.72. The predicted octanol–water partition coefficient (Wildman–Crippen LogP) is 3.13. The number of anilines is 1. The van der Waals surface area contributed by atoms with E-state index in [0.29, 0.717) is 10.5 Å². The van der Waals surface area contributed by atoms with Gasteiger partial charge in [0.2, 0.25) is 0 Å². The van der Waals surface area contributed by atoms with Crippen LogP contribution >= 0.6 is 25.3 Å². The number of nitrogens with zero attached hydrogens (tertiary/aromatic N) is 1. The fraction of sp³-hybridized carbons (Fsp3) is 0.500. The van der Waals surface area contributed by atoms with Gasteiger partial charge in [-0.3, -0.25) is 0 Å². The molecule has 2 unspecified atom stereocenters. The third-order valence-corrected chi connectivity index (χ3v) is 2.42. The van der Waals surface area contributed by atoms with E-state index in [4.69, 9.17) is 0 Å². The summed E-state index contributed by atoms with van der Waals surface area (Å²) in [7, 11) is 0. The van der Waals surface area contributed by atoms with Gasteiger partial charge in [0.25, 0.3) is 0 Å². The van der Waals surface area contributed by atoms with Crippen molar-refractivity contribution >= 4 is 30.9 Å². The molecule has 0 aliphatic carbocycles. The highest BCUT2D eigenvalue weighted by Gasteiger charge is 2.10. The minimum absolute atomic E-state index is 0.372. The summed E-state index contributed by atoms with van der Waals surface area (Å²) >= 11 is 8.89. The lowest BCUT2D eigenvalue weighted by Gasteiger charge is -2.27. The van der Waals surface area contributed by atoms with E-state index in [0.717, 1.165) is 13.1 Å². The SMILES string of the molecule is CC(S)CN(CC(C)S)c1ccccc1. The van der Waals surface area contributed by atoms with E-state index in [9.17, 15) is 0 Å². The maximum atomic E-state index is 4.44. The molecule has 0 bridgehead atoms. The highest BCUT2D eigenvalue weighted by atomic mass is 32.1. The van der Waals surface area contributed by atoms with Crippen molar-refractivity contribution in [2.75, 3.05) is 18.0 Å². The van der Waals surface area contributed by atoms with Crippen LogP contribution in [0.4, 0.5) is 5.69 Å². The zero-order valence-corrected chi connectivity index (χ0v) is 11.1. The summed E-state index contributed by atoms with van der Waals surface area (Å²) in [5, 5.41) is 0.745. The molecule has 0 saturated heterocycles. The minimum Gasteiger partial charge on any atom is -0.369 e. The van der Waals surface area contributed by atoms with Gasteiger partial charge in [-0.1, -0.05) is 32.0 Å². The van der Waals surface area contributed by atoms with Crippen molar-refractivity contribution < 1.29 is 0 Å². The summed E-state index contributed by atoms with van der Waals surface area (Å²) in [6.45, 7) is 6.14. The Kier molecular flexibility index (Phi) is 5.40. The third-order valence-electron chi connectivity index (χ3n) is 2.09. The van der Waals surface area contributed by atoms with Crippen LogP contribution in [0.5, 0.6) is 0 Å². The van der Waals surface area contributed by atoms with E-state index >= 15 is 0 Å². The maximum Gasteiger partial charge on any atom is 0.0366 e. The topological polar surface area (TPSA) is 3.24 Å². The van der Waals surface area contributed by atoms with Gasteiger partial charge in [0, 0.05) is 29.3 Å². The van der Waals surface area contributed by atoms with Gasteiger partial charge in [-0.05, 0) is 12.1 Å². The van der Waals surface area contributed by atoms with Crippen molar-refractivity contribution in [3.05, 3.63) is 30.3 Å². The van der Waals surface area contributed by atoms with Crippen molar-refractivity contribution in [1.29, 1.82) is 0 Å². The summed E-state index contributed by atoms with van der Waals surface area (Å²) in [5.41, 5.74) is 1.25. The monoisotopic (exact) mass is 241 g/mol. The molecule has 2 atom stereocenters. The molecule has 0 aliphatic rings. The molecule has 0 spiro atoms. The molecule has 1 nitrogen and oxygen atoms in total. The van der Waals surface area contributed by atoms with E-state index in [2.05, 4.69) is 68.3 Å². The number of hydrogen-bond acceptors (Lipinski definition) is 3. The molecule has 1 aromatic carbocycles. The van der Waals surface area contributed by atoms with Gasteiger partial charge >= 0.3 is 0 Å². The van der Waals surface area contributed by atoms with Crippen LogP contribution in [0, 0.1) is 0 Å². The van der Waals surface area contributed by atoms with E-state index in [1.54, 1.807) is 0 Å². The van der Waals surface area contributed by atoms with Crippen molar-refractivity contribution in [2.24, 2.45) is 0 Å². The second-order valence-electron chi connectivity index (χ2n) is 3.94. The van der Waals surface area contributed by atoms with Crippen molar-refractivity contribution in [2.45, 2.75) is 24.3 Å². The molecule has 0 heterocycles. The molecule has 0 radical (unpaired) electrons. The Morgan fingerprint density at radius 2 is 1.47 bits per heavy atom. The molecule has 0 N–H and O–H groups in total. The quantitative estimate of drug-likeness (QED) is 0.749. The average molecular weight is 241 g/mol. The van der Waals surface area contributed by atoms with E-state index in [1.807, 2.05) is 6.07 Å². The Morgan fingerprint density at radius 3 is 1.87 bits per heavy atom. The number of hydrogen-bond donors (Lipinski definition) is 2. The summed E-state index contributed by atoms with van der Waals surface area (Å²) in [6, 6.07) is 10.4. The Bertz CT molecular complexity index is 262. The lowest BCUT2D eigenvalue weighted by Crippen LogP contribution is -2.33. The molecular weight excluding hydrogens is 222 g/mol. The van der Waals surface area contributed by atoms with Gasteiger partial charge in [-0.25, -0.2) is 0 Å². The average Bonchev–Trinajstić information content (AvgIpc) is 2.17. The van der Waals surface area contributed by atoms with Gasteiger partial charge in [0.1, 0.15) is 0 Å². The zero-order chi connectivity index (χ0) is 11.3. The van der Waals surface area contributed by atoms with E-state index in [-0.39, 0.29) is 0 Å². The Morgan fingerprint density at radius 1 is 1.00 bits per heavy atom. The maximum absolute atomic E-state index is 4.44. The van der Waals surface area contributed by atoms with Gasteiger partial charge < -0.3 is 4.90 Å². The fourth-order valence-electron chi connectivity index (χ4n) is 1.56. The molecule has 84 valence electrons. The van der Waals surface area contributed by atoms with E-state index < -0.39 is 0 Å². The largest absolute Gasteiger partial charge is 0.369 e. The first-order valence-corrected chi connectivity index (χ1v) is 6.29. The van der Waals surface area contributed by atoms with Gasteiger partial charge in [0.15, 0.2) is 0 Å². The second kappa shape index (κ2) is 6.33. The van der Waals surface area contributed by atoms with Crippen LogP contribution in [-0.4, -0.2) is 23.6 Å². The third kappa shape index (κ3) is 4.85. The highest BCUT2D eigenvalue weighted by molar-refractivity contribution is 7.81. The van der Waals surface area contributed by atoms with Crippen LogP contribution in [0.15, 0.2) is 30.3 Å². The number of para-hydroxylation sites is 1. The van der Waals surface area contributed by atoms with Crippen LogP contribution < -0.4 is 4.90 Å². The fourth-order valence-corrected chi connectivity index (χ4v) is 1.96. The molecule has 0 amide bonds. The molecule has 0 saturated carbocycles. The summed E-state index contributed by atoms with van der Waals surface area (Å²) in [6.07, 6.45) is 0. The summed E-state index contributed by atoms with van der Waals surface area (Å²) in [4.78, 5) is 2.33. The van der Waals surface area contributed by atoms with Gasteiger partial charge in [-0.15, -0.1) is 0 Å². The second-order valence-corrected chi connectivity index (χ2v) is 5.70. The van der Waals surface area contributed by atoms with Gasteiger partial charge in [0.05, 0.1) is 0 Å². The van der Waals surface area contributed by atoms with Crippen LogP contribution in [-0.2, 0) is 0 Å². The van der Waals surface area contributed by atoms with Crippen LogP contribution in [0.25, 0.3) is 0 Å². The Labute approximate surface area is 104 Å². The number of thiol groups is 2. The van der Waals surface area contributed by atoms with E-state index in [1.165, 1.54) is 5.69 Å². The molecular formula is C12H19NS2. The van der Waals surface area contributed by atoms with Crippen LogP contribution in [0.1, 0.15) is 13.8 Å². The minimum atomic E-state index is 0.372. The first-order valence-electron chi connectivity index (χ1n) is 5.25. The first-order chi connectivity index (χ1) is 7.09. The standard InChI is InChI=1S/C12H19NS2/c1-10(14)8-13(9-11(2)15)12-6-4-3-5-7-12/h3-7,10-11,14-15H,8-9H2,1-2H3. The first kappa shape index (κ1) is 12.8. The molecule has 3 heteroatoms.